The number of amides is 3. The number of carbonyl (C=O) groups excluding carboxylic acids is 4. The number of halogens is 1. The van der Waals surface area contributed by atoms with Gasteiger partial charge in [-0.05, 0) is 37.0 Å². The Morgan fingerprint density at radius 2 is 2.00 bits per heavy atom. The molecule has 1 N–H and O–H groups in total. The summed E-state index contributed by atoms with van der Waals surface area (Å²) in [6.45, 7) is 1.93. The summed E-state index contributed by atoms with van der Waals surface area (Å²) >= 11 is 0. The number of hydrogen-bond acceptors (Lipinski definition) is 8. The van der Waals surface area contributed by atoms with E-state index in [4.69, 9.17) is 9.47 Å². The molecule has 4 aliphatic rings. The quantitative estimate of drug-likeness (QED) is 0.547. The molecular weight excluding hydrogens is 497 g/mol. The Balaban J connectivity index is 1.74. The van der Waals surface area contributed by atoms with Gasteiger partial charge in [-0.15, -0.1) is 0 Å². The van der Waals surface area contributed by atoms with Gasteiger partial charge in [0.2, 0.25) is 5.78 Å². The van der Waals surface area contributed by atoms with Crippen LogP contribution in [0.4, 0.5) is 4.39 Å². The van der Waals surface area contributed by atoms with Crippen molar-refractivity contribution in [2.45, 2.75) is 38.0 Å². The fraction of sp³-hybridized carbons (Fsp3) is 0.500. The van der Waals surface area contributed by atoms with Crippen LogP contribution in [0.25, 0.3) is 0 Å². The molecule has 0 radical (unpaired) electrons. The van der Waals surface area contributed by atoms with Crippen LogP contribution in [-0.4, -0.2) is 104 Å². The molecule has 2 bridgehead atoms. The summed E-state index contributed by atoms with van der Waals surface area (Å²) in [4.78, 5) is 61.2. The van der Waals surface area contributed by atoms with Crippen molar-refractivity contribution >= 4 is 29.3 Å². The highest BCUT2D eigenvalue weighted by atomic mass is 19.1. The van der Waals surface area contributed by atoms with Gasteiger partial charge in [0.05, 0.1) is 26.4 Å². The van der Waals surface area contributed by atoms with Crippen molar-refractivity contribution in [3.05, 3.63) is 46.6 Å². The normalized spacial score (nSPS) is 22.7. The number of aliphatic imine (C=N–C) groups is 1. The van der Waals surface area contributed by atoms with Crippen molar-refractivity contribution in [2.24, 2.45) is 4.99 Å². The van der Waals surface area contributed by atoms with Crippen LogP contribution < -0.4 is 5.32 Å². The zero-order valence-corrected chi connectivity index (χ0v) is 22.2. The summed E-state index contributed by atoms with van der Waals surface area (Å²) in [6, 6.07) is 4.49. The van der Waals surface area contributed by atoms with Crippen molar-refractivity contribution in [1.29, 1.82) is 0 Å². The number of nitrogens with zero attached hydrogens (tertiary/aromatic N) is 4. The van der Waals surface area contributed by atoms with Gasteiger partial charge in [0.25, 0.3) is 5.91 Å². The average molecular weight is 530 g/mol. The lowest BCUT2D eigenvalue weighted by Crippen LogP contribution is -2.64. The van der Waals surface area contributed by atoms with Crippen LogP contribution in [0.3, 0.4) is 0 Å². The Labute approximate surface area is 220 Å². The summed E-state index contributed by atoms with van der Waals surface area (Å²) in [5.41, 5.74) is -0.320. The molecule has 2 unspecified atom stereocenters. The third kappa shape index (κ3) is 4.87. The lowest BCUT2D eigenvalue weighted by atomic mass is 9.88. The summed E-state index contributed by atoms with van der Waals surface area (Å²) in [7, 11) is 5.76. The fourth-order valence-electron chi connectivity index (χ4n) is 5.00. The smallest absolute Gasteiger partial charge is 0.312 e. The third-order valence-corrected chi connectivity index (χ3v) is 7.23. The predicted molar refractivity (Wildman–Crippen MR) is 134 cm³/mol. The molecule has 4 aliphatic heterocycles. The minimum absolute atomic E-state index is 0.0518. The van der Waals surface area contributed by atoms with E-state index in [1.165, 1.54) is 44.1 Å². The average Bonchev–Trinajstić information content (AvgIpc) is 3.20. The first-order valence-corrected chi connectivity index (χ1v) is 12.3. The molecule has 3 saturated heterocycles. The third-order valence-electron chi connectivity index (χ3n) is 7.23. The number of fused-ring (bicyclic) bond motifs is 2. The minimum atomic E-state index is -1.18. The van der Waals surface area contributed by atoms with E-state index in [1.54, 1.807) is 24.0 Å². The molecule has 4 heterocycles. The van der Waals surface area contributed by atoms with Gasteiger partial charge in [0.1, 0.15) is 17.2 Å². The molecule has 204 valence electrons. The summed E-state index contributed by atoms with van der Waals surface area (Å²) in [5.74, 6) is -2.86. The van der Waals surface area contributed by atoms with Crippen LogP contribution in [0.2, 0.25) is 0 Å². The van der Waals surface area contributed by atoms with Crippen molar-refractivity contribution in [3.63, 3.8) is 0 Å². The number of likely N-dealkylation sites (N-methyl/N-ethyl adjacent to an activating group) is 2. The number of carbonyl (C=O) groups is 4. The number of methoxy groups -OCH3 is 1. The number of aryl methyl sites for hydroxylation is 1. The summed E-state index contributed by atoms with van der Waals surface area (Å²) in [5, 5.41) is 2.73. The number of hydrogen-bond donors (Lipinski definition) is 1. The monoisotopic (exact) mass is 529 g/mol. The van der Waals surface area contributed by atoms with Gasteiger partial charge >= 0.3 is 11.8 Å². The molecule has 0 aromatic heterocycles. The highest BCUT2D eigenvalue weighted by Gasteiger charge is 2.53. The van der Waals surface area contributed by atoms with Gasteiger partial charge in [0, 0.05) is 34.2 Å². The fourth-order valence-corrected chi connectivity index (χ4v) is 5.00. The van der Waals surface area contributed by atoms with Crippen LogP contribution in [0.5, 0.6) is 0 Å². The zero-order valence-electron chi connectivity index (χ0n) is 22.2. The molecule has 2 atom stereocenters. The Kier molecular flexibility index (Phi) is 7.54. The maximum absolute atomic E-state index is 13.7. The SMILES string of the molecule is COC1=C(C(=O)NCc2ccc(F)c(C)c2)N=C2N(CC1=O)CC1CCC2(N(C)C(=O)C(=O)N(C)C)CO1. The van der Waals surface area contributed by atoms with E-state index < -0.39 is 29.0 Å². The molecule has 5 rings (SSSR count). The van der Waals surface area contributed by atoms with E-state index in [-0.39, 0.29) is 43.1 Å². The molecule has 0 saturated carbocycles. The Morgan fingerprint density at radius 1 is 1.26 bits per heavy atom. The van der Waals surface area contributed by atoms with E-state index in [0.717, 1.165) is 0 Å². The van der Waals surface area contributed by atoms with E-state index >= 15 is 0 Å². The second-order valence-electron chi connectivity index (χ2n) is 9.95. The number of benzene rings is 1. The van der Waals surface area contributed by atoms with E-state index in [9.17, 15) is 23.6 Å². The lowest BCUT2D eigenvalue weighted by molar-refractivity contribution is -0.154. The molecule has 38 heavy (non-hydrogen) atoms. The predicted octanol–water partition coefficient (Wildman–Crippen LogP) is 0.370. The minimum Gasteiger partial charge on any atom is -0.491 e. The van der Waals surface area contributed by atoms with Crippen molar-refractivity contribution in [1.82, 2.24) is 20.0 Å². The highest BCUT2D eigenvalue weighted by Crippen LogP contribution is 2.37. The van der Waals surface area contributed by atoms with Gasteiger partial charge in [0.15, 0.2) is 11.5 Å². The molecule has 12 heteroatoms. The van der Waals surface area contributed by atoms with E-state index in [1.807, 2.05) is 0 Å². The van der Waals surface area contributed by atoms with Crippen LogP contribution in [0.1, 0.15) is 24.0 Å². The summed E-state index contributed by atoms with van der Waals surface area (Å²) < 4.78 is 25.0. The van der Waals surface area contributed by atoms with Crippen LogP contribution >= 0.6 is 0 Å². The number of Topliss-reactive ketones (excluding diaryl/α,β-unsaturated/α-hetero) is 1. The summed E-state index contributed by atoms with van der Waals surface area (Å²) in [6.07, 6.45) is 0.791. The topological polar surface area (TPSA) is 121 Å². The van der Waals surface area contributed by atoms with Gasteiger partial charge in [-0.2, -0.15) is 0 Å². The van der Waals surface area contributed by atoms with E-state index in [2.05, 4.69) is 10.3 Å². The molecule has 11 nitrogen and oxygen atoms in total. The highest BCUT2D eigenvalue weighted by molar-refractivity contribution is 6.35. The molecule has 0 spiro atoms. The van der Waals surface area contributed by atoms with Crippen LogP contribution in [0.15, 0.2) is 34.6 Å². The molecule has 0 aliphatic carbocycles. The Bertz CT molecular complexity index is 1230. The number of nitrogens with one attached hydrogen (secondary N) is 1. The number of amidine groups is 1. The first-order chi connectivity index (χ1) is 18.0. The first kappa shape index (κ1) is 27.2. The Morgan fingerprint density at radius 3 is 2.61 bits per heavy atom. The van der Waals surface area contributed by atoms with Crippen LogP contribution in [0, 0.1) is 12.7 Å². The molecule has 3 amide bonds. The largest absolute Gasteiger partial charge is 0.491 e. The molecule has 1 aromatic carbocycles. The van der Waals surface area contributed by atoms with Crippen molar-refractivity contribution in [2.75, 3.05) is 47.9 Å². The van der Waals surface area contributed by atoms with Crippen LogP contribution in [-0.2, 0) is 35.2 Å². The maximum atomic E-state index is 13.7. The van der Waals surface area contributed by atoms with Gasteiger partial charge < -0.3 is 29.5 Å². The second kappa shape index (κ2) is 10.5. The first-order valence-electron chi connectivity index (χ1n) is 12.3. The number of ketones is 1. The Hall–Kier alpha value is -3.80. The van der Waals surface area contributed by atoms with Gasteiger partial charge in [-0.3, -0.25) is 19.2 Å². The molecule has 1 aromatic rings. The zero-order chi connectivity index (χ0) is 27.8. The number of ether oxygens (including phenoxy) is 2. The standard InChI is InChI=1S/C26H32FN5O6/c1-15-10-16(6-7-18(15)27)11-28-22(34)20-21(37-5)19(33)13-32-12-17-8-9-26(14-38-17,25(32)29-20)31(4)24(36)23(35)30(2)3/h6-7,10,17H,8-9,11-14H2,1-5H3,(H,28,34). The second-order valence-corrected chi connectivity index (χ2v) is 9.95. The van der Waals surface area contributed by atoms with E-state index in [0.29, 0.717) is 36.3 Å². The van der Waals surface area contributed by atoms with Crippen molar-refractivity contribution < 1.29 is 33.0 Å². The molecule has 3 fully saturated rings. The van der Waals surface area contributed by atoms with Gasteiger partial charge in [-0.25, -0.2) is 9.38 Å². The maximum Gasteiger partial charge on any atom is 0.312 e. The van der Waals surface area contributed by atoms with Crippen molar-refractivity contribution in [3.8, 4) is 0 Å². The number of rotatable bonds is 5. The molecular formula is C26H32FN5O6. The van der Waals surface area contributed by atoms with Gasteiger partial charge in [-0.1, -0.05) is 12.1 Å². The lowest BCUT2D eigenvalue weighted by Gasteiger charge is -2.44.